The largest absolute Gasteiger partial charge is 0.311 e. The molecule has 1 unspecified atom stereocenters. The predicted molar refractivity (Wildman–Crippen MR) is 75.4 cm³/mol. The van der Waals surface area contributed by atoms with Gasteiger partial charge in [0, 0.05) is 12.7 Å². The zero-order valence-electron chi connectivity index (χ0n) is 12.6. The van der Waals surface area contributed by atoms with E-state index in [1.54, 1.807) is 0 Å². The van der Waals surface area contributed by atoms with Crippen molar-refractivity contribution in [1.29, 1.82) is 0 Å². The summed E-state index contributed by atoms with van der Waals surface area (Å²) in [6.45, 7) is 12.7. The van der Waals surface area contributed by atoms with E-state index in [4.69, 9.17) is 0 Å². The Morgan fingerprint density at radius 3 is 2.39 bits per heavy atom. The lowest BCUT2D eigenvalue weighted by Crippen LogP contribution is -2.24. The number of nitrogens with zero attached hydrogens (tertiary/aromatic N) is 2. The van der Waals surface area contributed by atoms with E-state index in [0.717, 1.165) is 13.0 Å². The van der Waals surface area contributed by atoms with Crippen LogP contribution >= 0.6 is 0 Å². The van der Waals surface area contributed by atoms with E-state index in [-0.39, 0.29) is 0 Å². The Kier molecular flexibility index (Phi) is 3.30. The van der Waals surface area contributed by atoms with Crippen molar-refractivity contribution in [2.75, 3.05) is 7.05 Å². The summed E-state index contributed by atoms with van der Waals surface area (Å²) in [7, 11) is 2.07. The molecule has 1 heterocycles. The molecule has 1 N–H and O–H groups in total. The van der Waals surface area contributed by atoms with Crippen LogP contribution in [0.5, 0.6) is 0 Å². The van der Waals surface area contributed by atoms with Crippen LogP contribution < -0.4 is 5.32 Å². The minimum atomic E-state index is 0.391. The number of aromatic nitrogens is 2. The second kappa shape index (κ2) is 4.37. The Bertz CT molecular complexity index is 403. The molecule has 1 atom stereocenters. The lowest BCUT2D eigenvalue weighted by Gasteiger charge is -2.20. The van der Waals surface area contributed by atoms with Crippen LogP contribution in [0.25, 0.3) is 0 Å². The first-order valence-corrected chi connectivity index (χ1v) is 7.07. The van der Waals surface area contributed by atoms with Gasteiger partial charge in [0.1, 0.15) is 0 Å². The second-order valence-electron chi connectivity index (χ2n) is 6.67. The van der Waals surface area contributed by atoms with Gasteiger partial charge in [0.2, 0.25) is 0 Å². The van der Waals surface area contributed by atoms with E-state index in [1.807, 2.05) is 6.20 Å². The smallest absolute Gasteiger partial charge is 0.0556 e. The number of hydrogen-bond acceptors (Lipinski definition) is 2. The third-order valence-corrected chi connectivity index (χ3v) is 5.28. The Morgan fingerprint density at radius 1 is 1.33 bits per heavy atom. The Morgan fingerprint density at radius 2 is 1.94 bits per heavy atom. The quantitative estimate of drug-likeness (QED) is 0.868. The SMILES string of the molecule is CCCn1nccc1C(NC)C1C(C)(C)C1(C)C. The first-order chi connectivity index (χ1) is 8.37. The Hall–Kier alpha value is -0.830. The second-order valence-corrected chi connectivity index (χ2v) is 6.67. The van der Waals surface area contributed by atoms with Gasteiger partial charge in [-0.3, -0.25) is 4.68 Å². The Balaban J connectivity index is 2.28. The van der Waals surface area contributed by atoms with Crippen LogP contribution in [0, 0.1) is 16.7 Å². The number of nitrogens with one attached hydrogen (secondary N) is 1. The molecular formula is C15H27N3. The van der Waals surface area contributed by atoms with Gasteiger partial charge < -0.3 is 5.32 Å². The third kappa shape index (κ3) is 1.80. The average molecular weight is 249 g/mol. The van der Waals surface area contributed by atoms with Crippen molar-refractivity contribution in [3.8, 4) is 0 Å². The van der Waals surface area contributed by atoms with E-state index < -0.39 is 0 Å². The Labute approximate surface area is 111 Å². The van der Waals surface area contributed by atoms with Gasteiger partial charge in [-0.1, -0.05) is 34.6 Å². The summed E-state index contributed by atoms with van der Waals surface area (Å²) in [4.78, 5) is 0. The molecule has 0 radical (unpaired) electrons. The summed E-state index contributed by atoms with van der Waals surface area (Å²) in [5.74, 6) is 0.669. The van der Waals surface area contributed by atoms with Crippen molar-refractivity contribution < 1.29 is 0 Å². The normalized spacial score (nSPS) is 23.0. The maximum atomic E-state index is 4.46. The molecule has 1 aromatic heterocycles. The van der Waals surface area contributed by atoms with Crippen LogP contribution in [0.2, 0.25) is 0 Å². The molecule has 3 nitrogen and oxygen atoms in total. The molecule has 0 bridgehead atoms. The summed E-state index contributed by atoms with van der Waals surface area (Å²) in [5.41, 5.74) is 2.12. The zero-order chi connectivity index (χ0) is 13.6. The van der Waals surface area contributed by atoms with Crippen LogP contribution in [0.15, 0.2) is 12.3 Å². The van der Waals surface area contributed by atoms with Crippen molar-refractivity contribution in [1.82, 2.24) is 15.1 Å². The van der Waals surface area contributed by atoms with Crippen LogP contribution in [0.4, 0.5) is 0 Å². The molecule has 0 saturated heterocycles. The van der Waals surface area contributed by atoms with Gasteiger partial charge in [0.25, 0.3) is 0 Å². The van der Waals surface area contributed by atoms with E-state index in [0.29, 0.717) is 22.8 Å². The van der Waals surface area contributed by atoms with Crippen LogP contribution in [0.1, 0.15) is 52.8 Å². The van der Waals surface area contributed by atoms with Gasteiger partial charge in [-0.15, -0.1) is 0 Å². The highest BCUT2D eigenvalue weighted by molar-refractivity contribution is 5.22. The molecule has 2 rings (SSSR count). The first-order valence-electron chi connectivity index (χ1n) is 7.07. The molecule has 0 aliphatic heterocycles. The van der Waals surface area contributed by atoms with Crippen LogP contribution in [0.3, 0.4) is 0 Å². The van der Waals surface area contributed by atoms with Gasteiger partial charge in [-0.2, -0.15) is 5.10 Å². The zero-order valence-corrected chi connectivity index (χ0v) is 12.6. The first kappa shape index (κ1) is 13.6. The maximum absolute atomic E-state index is 4.46. The maximum Gasteiger partial charge on any atom is 0.0556 e. The minimum Gasteiger partial charge on any atom is -0.311 e. The molecule has 1 aliphatic carbocycles. The van der Waals surface area contributed by atoms with Gasteiger partial charge in [0.15, 0.2) is 0 Å². The van der Waals surface area contributed by atoms with Crippen molar-refractivity contribution >= 4 is 0 Å². The lowest BCUT2D eigenvalue weighted by molar-refractivity contribution is 0.402. The predicted octanol–water partition coefficient (Wildman–Crippen LogP) is 3.24. The molecule has 0 amide bonds. The molecule has 1 saturated carbocycles. The highest BCUT2D eigenvalue weighted by Crippen LogP contribution is 2.72. The van der Waals surface area contributed by atoms with Gasteiger partial charge in [-0.05, 0) is 36.3 Å². The van der Waals surface area contributed by atoms with E-state index >= 15 is 0 Å². The van der Waals surface area contributed by atoms with E-state index in [2.05, 4.69) is 62.8 Å². The van der Waals surface area contributed by atoms with Gasteiger partial charge in [-0.25, -0.2) is 0 Å². The molecule has 1 fully saturated rings. The van der Waals surface area contributed by atoms with Gasteiger partial charge in [0.05, 0.1) is 11.7 Å². The standard InChI is InChI=1S/C15H27N3/c1-7-10-18-11(8-9-17-18)12(16-6)13-14(2,3)15(13,4)5/h8-9,12-13,16H,7,10H2,1-6H3. The lowest BCUT2D eigenvalue weighted by atomic mass is 10.0. The number of aryl methyl sites for hydroxylation is 1. The fraction of sp³-hybridized carbons (Fsp3) is 0.800. The molecule has 0 spiro atoms. The third-order valence-electron chi connectivity index (χ3n) is 5.28. The van der Waals surface area contributed by atoms with Crippen LogP contribution in [-0.2, 0) is 6.54 Å². The van der Waals surface area contributed by atoms with E-state index in [9.17, 15) is 0 Å². The fourth-order valence-electron chi connectivity index (χ4n) is 3.57. The van der Waals surface area contributed by atoms with Crippen molar-refractivity contribution in [3.63, 3.8) is 0 Å². The summed E-state index contributed by atoms with van der Waals surface area (Å²) in [6, 6.07) is 2.57. The molecule has 1 aliphatic rings. The molecule has 1 aromatic rings. The minimum absolute atomic E-state index is 0.391. The van der Waals surface area contributed by atoms with Crippen molar-refractivity contribution in [2.45, 2.75) is 53.6 Å². The molecule has 3 heteroatoms. The van der Waals surface area contributed by atoms with Crippen LogP contribution in [-0.4, -0.2) is 16.8 Å². The summed E-state index contributed by atoms with van der Waals surface area (Å²) in [6.07, 6.45) is 3.06. The monoisotopic (exact) mass is 249 g/mol. The molecule has 0 aromatic carbocycles. The average Bonchev–Trinajstić information content (AvgIpc) is 2.68. The molecule has 18 heavy (non-hydrogen) atoms. The van der Waals surface area contributed by atoms with E-state index in [1.165, 1.54) is 5.69 Å². The number of hydrogen-bond donors (Lipinski definition) is 1. The fourth-order valence-corrected chi connectivity index (χ4v) is 3.57. The summed E-state index contributed by atoms with van der Waals surface area (Å²) in [5, 5.41) is 7.97. The van der Waals surface area contributed by atoms with Crippen molar-refractivity contribution in [2.24, 2.45) is 16.7 Å². The molecule has 102 valence electrons. The summed E-state index contributed by atoms with van der Waals surface area (Å²) >= 11 is 0. The highest BCUT2D eigenvalue weighted by atomic mass is 15.3. The summed E-state index contributed by atoms with van der Waals surface area (Å²) < 4.78 is 2.16. The van der Waals surface area contributed by atoms with Crippen molar-refractivity contribution in [3.05, 3.63) is 18.0 Å². The molecular weight excluding hydrogens is 222 g/mol. The topological polar surface area (TPSA) is 29.9 Å². The van der Waals surface area contributed by atoms with Gasteiger partial charge >= 0.3 is 0 Å². The number of rotatable bonds is 5. The highest BCUT2D eigenvalue weighted by Gasteiger charge is 2.67.